The maximum Gasteiger partial charge on any atom is 0.222 e. The number of aromatic nitrogens is 2. The Morgan fingerprint density at radius 3 is 2.83 bits per heavy atom. The van der Waals surface area contributed by atoms with E-state index in [2.05, 4.69) is 41.4 Å². The molecule has 0 bridgehead atoms. The van der Waals surface area contributed by atoms with Crippen molar-refractivity contribution in [3.63, 3.8) is 0 Å². The number of rotatable bonds is 4. The summed E-state index contributed by atoms with van der Waals surface area (Å²) in [4.78, 5) is 23.9. The molecule has 1 saturated heterocycles. The van der Waals surface area contributed by atoms with Crippen LogP contribution < -0.4 is 5.32 Å². The lowest BCUT2D eigenvalue weighted by atomic mass is 10.0. The predicted octanol–water partition coefficient (Wildman–Crippen LogP) is 3.45. The number of aryl methyl sites for hydroxylation is 1. The van der Waals surface area contributed by atoms with E-state index in [-0.39, 0.29) is 5.91 Å². The van der Waals surface area contributed by atoms with Crippen LogP contribution in [0.2, 0.25) is 0 Å². The smallest absolute Gasteiger partial charge is 0.222 e. The van der Waals surface area contributed by atoms with Crippen molar-refractivity contribution >= 4 is 33.3 Å². The third kappa shape index (κ3) is 3.63. The second-order valence-corrected chi connectivity index (χ2v) is 7.58. The monoisotopic (exact) mass is 332 g/mol. The van der Waals surface area contributed by atoms with Crippen LogP contribution in [0.25, 0.3) is 10.2 Å². The quantitative estimate of drug-likeness (QED) is 0.931. The SMILES string of the molecule is Cc1csc2ncnc(NC3CCN(C(=O)CC(C)C)CC3)c12. The first-order chi connectivity index (χ1) is 11.0. The molecule has 0 aliphatic carbocycles. The Bertz CT molecular complexity index is 689. The number of anilines is 1. The highest BCUT2D eigenvalue weighted by molar-refractivity contribution is 7.17. The molecule has 0 saturated carbocycles. The minimum Gasteiger partial charge on any atom is -0.367 e. The summed E-state index contributed by atoms with van der Waals surface area (Å²) in [6.45, 7) is 7.95. The number of hydrogen-bond acceptors (Lipinski definition) is 5. The summed E-state index contributed by atoms with van der Waals surface area (Å²) in [7, 11) is 0. The average molecular weight is 332 g/mol. The lowest BCUT2D eigenvalue weighted by Crippen LogP contribution is -2.42. The Balaban J connectivity index is 1.62. The van der Waals surface area contributed by atoms with Gasteiger partial charge in [-0.2, -0.15) is 0 Å². The first-order valence-corrected chi connectivity index (χ1v) is 9.15. The van der Waals surface area contributed by atoms with E-state index in [0.717, 1.165) is 42.0 Å². The third-order valence-corrected chi connectivity index (χ3v) is 5.33. The van der Waals surface area contributed by atoms with Crippen LogP contribution in [0, 0.1) is 12.8 Å². The molecule has 23 heavy (non-hydrogen) atoms. The summed E-state index contributed by atoms with van der Waals surface area (Å²) in [5.74, 6) is 1.64. The van der Waals surface area contributed by atoms with E-state index in [1.54, 1.807) is 17.7 Å². The van der Waals surface area contributed by atoms with Gasteiger partial charge in [-0.1, -0.05) is 13.8 Å². The molecule has 3 heterocycles. The van der Waals surface area contributed by atoms with Gasteiger partial charge in [-0.25, -0.2) is 9.97 Å². The minimum absolute atomic E-state index is 0.288. The number of carbonyl (C=O) groups is 1. The largest absolute Gasteiger partial charge is 0.367 e. The van der Waals surface area contributed by atoms with Gasteiger partial charge in [0.25, 0.3) is 0 Å². The summed E-state index contributed by atoms with van der Waals surface area (Å²) in [6.07, 6.45) is 4.22. The molecular weight excluding hydrogens is 308 g/mol. The van der Waals surface area contributed by atoms with Crippen molar-refractivity contribution in [1.29, 1.82) is 0 Å². The van der Waals surface area contributed by atoms with Crippen molar-refractivity contribution in [2.45, 2.75) is 46.1 Å². The summed E-state index contributed by atoms with van der Waals surface area (Å²) >= 11 is 1.66. The zero-order valence-corrected chi connectivity index (χ0v) is 14.8. The summed E-state index contributed by atoms with van der Waals surface area (Å²) in [6, 6.07) is 0.371. The molecule has 1 aliphatic rings. The van der Waals surface area contributed by atoms with Gasteiger partial charge in [0, 0.05) is 25.6 Å². The topological polar surface area (TPSA) is 58.1 Å². The number of thiophene rings is 1. The number of piperidine rings is 1. The van der Waals surface area contributed by atoms with E-state index >= 15 is 0 Å². The van der Waals surface area contributed by atoms with Crippen molar-refractivity contribution in [2.24, 2.45) is 5.92 Å². The van der Waals surface area contributed by atoms with Crippen molar-refractivity contribution in [3.8, 4) is 0 Å². The highest BCUT2D eigenvalue weighted by Gasteiger charge is 2.24. The minimum atomic E-state index is 0.288. The van der Waals surface area contributed by atoms with Crippen LogP contribution in [0.5, 0.6) is 0 Å². The van der Waals surface area contributed by atoms with E-state index in [9.17, 15) is 4.79 Å². The number of nitrogens with one attached hydrogen (secondary N) is 1. The predicted molar refractivity (Wildman–Crippen MR) is 94.8 cm³/mol. The molecule has 2 aromatic rings. The normalized spacial score (nSPS) is 16.3. The molecule has 0 atom stereocenters. The number of nitrogens with zero attached hydrogens (tertiary/aromatic N) is 3. The Kier molecular flexibility index (Phi) is 4.80. The Morgan fingerprint density at radius 1 is 1.39 bits per heavy atom. The number of carbonyl (C=O) groups excluding carboxylic acids is 1. The molecule has 124 valence electrons. The van der Waals surface area contributed by atoms with Crippen LogP contribution in [-0.4, -0.2) is 39.9 Å². The number of fused-ring (bicyclic) bond motifs is 1. The number of likely N-dealkylation sites (tertiary alicyclic amines) is 1. The van der Waals surface area contributed by atoms with Gasteiger partial charge in [-0.15, -0.1) is 11.3 Å². The third-order valence-electron chi connectivity index (χ3n) is 4.33. The van der Waals surface area contributed by atoms with Gasteiger partial charge in [0.2, 0.25) is 5.91 Å². The van der Waals surface area contributed by atoms with Crippen molar-refractivity contribution in [2.75, 3.05) is 18.4 Å². The standard InChI is InChI=1S/C17H24N4OS/c1-11(2)8-14(22)21-6-4-13(5-7-21)20-16-15-12(3)9-23-17(15)19-10-18-16/h9-11,13H,4-8H2,1-3H3,(H,18,19,20). The van der Waals surface area contributed by atoms with E-state index in [0.29, 0.717) is 18.4 Å². The summed E-state index contributed by atoms with van der Waals surface area (Å²) < 4.78 is 0. The van der Waals surface area contributed by atoms with Crippen molar-refractivity contribution < 1.29 is 4.79 Å². The van der Waals surface area contributed by atoms with Crippen LogP contribution in [0.4, 0.5) is 5.82 Å². The molecule has 1 N–H and O–H groups in total. The van der Waals surface area contributed by atoms with E-state index < -0.39 is 0 Å². The van der Waals surface area contributed by atoms with Gasteiger partial charge in [-0.05, 0) is 36.6 Å². The number of hydrogen-bond donors (Lipinski definition) is 1. The lowest BCUT2D eigenvalue weighted by molar-refractivity contribution is -0.132. The van der Waals surface area contributed by atoms with Gasteiger partial charge >= 0.3 is 0 Å². The van der Waals surface area contributed by atoms with Crippen LogP contribution >= 0.6 is 11.3 Å². The zero-order chi connectivity index (χ0) is 16.4. The molecule has 0 spiro atoms. The average Bonchev–Trinajstić information content (AvgIpc) is 2.90. The molecule has 6 heteroatoms. The lowest BCUT2D eigenvalue weighted by Gasteiger charge is -2.33. The fourth-order valence-electron chi connectivity index (χ4n) is 3.07. The van der Waals surface area contributed by atoms with Crippen molar-refractivity contribution in [1.82, 2.24) is 14.9 Å². The van der Waals surface area contributed by atoms with Gasteiger partial charge in [0.05, 0.1) is 5.39 Å². The fourth-order valence-corrected chi connectivity index (χ4v) is 3.96. The highest BCUT2D eigenvalue weighted by atomic mass is 32.1. The Labute approximate surface area is 141 Å². The molecule has 5 nitrogen and oxygen atoms in total. The molecule has 1 aliphatic heterocycles. The summed E-state index contributed by atoms with van der Waals surface area (Å²) in [5.41, 5.74) is 1.22. The first-order valence-electron chi connectivity index (χ1n) is 8.27. The molecule has 2 aromatic heterocycles. The van der Waals surface area contributed by atoms with Gasteiger partial charge < -0.3 is 10.2 Å². The second-order valence-electron chi connectivity index (χ2n) is 6.72. The van der Waals surface area contributed by atoms with Crippen LogP contribution in [0.3, 0.4) is 0 Å². The first kappa shape index (κ1) is 16.2. The van der Waals surface area contributed by atoms with Crippen molar-refractivity contribution in [3.05, 3.63) is 17.3 Å². The molecule has 1 amide bonds. The molecule has 0 radical (unpaired) electrons. The molecule has 3 rings (SSSR count). The molecule has 0 unspecified atom stereocenters. The van der Waals surface area contributed by atoms with Crippen LogP contribution in [-0.2, 0) is 4.79 Å². The maximum absolute atomic E-state index is 12.1. The Hall–Kier alpha value is -1.69. The maximum atomic E-state index is 12.1. The van der Waals surface area contributed by atoms with Gasteiger partial charge in [0.15, 0.2) is 0 Å². The van der Waals surface area contributed by atoms with Gasteiger partial charge in [-0.3, -0.25) is 4.79 Å². The van der Waals surface area contributed by atoms with E-state index in [1.165, 1.54) is 5.56 Å². The van der Waals surface area contributed by atoms with E-state index in [4.69, 9.17) is 0 Å². The van der Waals surface area contributed by atoms with Crippen LogP contribution in [0.15, 0.2) is 11.7 Å². The Morgan fingerprint density at radius 2 is 2.13 bits per heavy atom. The molecular formula is C17H24N4OS. The fraction of sp³-hybridized carbons (Fsp3) is 0.588. The molecule has 0 aromatic carbocycles. The molecule has 1 fully saturated rings. The van der Waals surface area contributed by atoms with Crippen LogP contribution in [0.1, 0.15) is 38.7 Å². The summed E-state index contributed by atoms with van der Waals surface area (Å²) in [5, 5.41) is 6.83. The zero-order valence-electron chi connectivity index (χ0n) is 14.0. The van der Waals surface area contributed by atoms with Gasteiger partial charge in [0.1, 0.15) is 17.0 Å². The number of amides is 1. The highest BCUT2D eigenvalue weighted by Crippen LogP contribution is 2.29. The second kappa shape index (κ2) is 6.83. The van der Waals surface area contributed by atoms with E-state index in [1.807, 2.05) is 4.90 Å².